The molecule has 0 spiro atoms. The number of carbonyl (C=O) groups excluding carboxylic acids is 2. The molecule has 21 heavy (non-hydrogen) atoms. The van der Waals surface area contributed by atoms with E-state index in [0.717, 1.165) is 5.56 Å². The Balaban J connectivity index is 2.21. The van der Waals surface area contributed by atoms with Crippen LogP contribution < -0.4 is 16.2 Å². The van der Waals surface area contributed by atoms with Crippen LogP contribution >= 0.6 is 0 Å². The van der Waals surface area contributed by atoms with Crippen molar-refractivity contribution in [2.45, 2.75) is 13.8 Å². The molecule has 6 nitrogen and oxygen atoms in total. The zero-order valence-corrected chi connectivity index (χ0v) is 11.7. The fourth-order valence-corrected chi connectivity index (χ4v) is 1.78. The largest absolute Gasteiger partial charge is 0.328 e. The van der Waals surface area contributed by atoms with Crippen molar-refractivity contribution in [3.8, 4) is 0 Å². The van der Waals surface area contributed by atoms with Crippen LogP contribution in [0.1, 0.15) is 22.8 Å². The zero-order chi connectivity index (χ0) is 15.4. The Hall–Kier alpha value is -2.89. The molecule has 0 aliphatic rings. The van der Waals surface area contributed by atoms with Crippen molar-refractivity contribution in [3.05, 3.63) is 58.0 Å². The highest BCUT2D eigenvalue weighted by Crippen LogP contribution is 2.20. The van der Waals surface area contributed by atoms with E-state index in [0.29, 0.717) is 16.9 Å². The molecule has 0 saturated carbocycles. The van der Waals surface area contributed by atoms with Gasteiger partial charge >= 0.3 is 0 Å². The second-order valence-electron chi connectivity index (χ2n) is 4.61. The summed E-state index contributed by atoms with van der Waals surface area (Å²) in [5.74, 6) is -0.522. The van der Waals surface area contributed by atoms with Gasteiger partial charge in [-0.25, -0.2) is 0 Å². The summed E-state index contributed by atoms with van der Waals surface area (Å²) in [6.07, 6.45) is 1.35. The van der Waals surface area contributed by atoms with Crippen molar-refractivity contribution >= 4 is 23.2 Å². The first-order valence-electron chi connectivity index (χ1n) is 6.34. The van der Waals surface area contributed by atoms with E-state index < -0.39 is 0 Å². The summed E-state index contributed by atoms with van der Waals surface area (Å²) >= 11 is 0. The monoisotopic (exact) mass is 285 g/mol. The zero-order valence-electron chi connectivity index (χ0n) is 11.7. The summed E-state index contributed by atoms with van der Waals surface area (Å²) in [7, 11) is 0. The Morgan fingerprint density at radius 2 is 1.86 bits per heavy atom. The normalized spacial score (nSPS) is 10.0. The molecule has 6 heteroatoms. The molecule has 0 fully saturated rings. The molecule has 2 rings (SSSR count). The molecule has 1 heterocycles. The van der Waals surface area contributed by atoms with E-state index in [1.54, 1.807) is 18.2 Å². The van der Waals surface area contributed by atoms with Gasteiger partial charge in [0.15, 0.2) is 0 Å². The lowest BCUT2D eigenvalue weighted by molar-refractivity contribution is -0.114. The van der Waals surface area contributed by atoms with Gasteiger partial charge in [0.1, 0.15) is 0 Å². The summed E-state index contributed by atoms with van der Waals surface area (Å²) in [6.45, 7) is 3.26. The highest BCUT2D eigenvalue weighted by atomic mass is 16.2. The van der Waals surface area contributed by atoms with Gasteiger partial charge < -0.3 is 15.6 Å². The van der Waals surface area contributed by atoms with Gasteiger partial charge in [-0.2, -0.15) is 0 Å². The molecule has 0 unspecified atom stereocenters. The Bertz CT molecular complexity index is 730. The molecule has 1 aromatic heterocycles. The van der Waals surface area contributed by atoms with Gasteiger partial charge in [-0.05, 0) is 30.7 Å². The molecular weight excluding hydrogens is 270 g/mol. The summed E-state index contributed by atoms with van der Waals surface area (Å²) in [5.41, 5.74) is 2.14. The number of pyridine rings is 1. The molecule has 0 bridgehead atoms. The number of nitrogens with one attached hydrogen (secondary N) is 3. The van der Waals surface area contributed by atoms with Crippen LogP contribution in [0, 0.1) is 6.92 Å². The number of carbonyl (C=O) groups is 2. The van der Waals surface area contributed by atoms with Crippen molar-refractivity contribution in [2.75, 3.05) is 10.6 Å². The average Bonchev–Trinajstić information content (AvgIpc) is 2.42. The Labute approximate surface area is 121 Å². The molecule has 1 aromatic carbocycles. The smallest absolute Gasteiger partial charge is 0.257 e. The highest BCUT2D eigenvalue weighted by molar-refractivity contribution is 6.04. The van der Waals surface area contributed by atoms with Crippen LogP contribution in [0.5, 0.6) is 0 Å². The molecule has 3 N–H and O–H groups in total. The van der Waals surface area contributed by atoms with Crippen molar-refractivity contribution in [1.29, 1.82) is 0 Å². The number of hydrogen-bond donors (Lipinski definition) is 3. The van der Waals surface area contributed by atoms with Crippen LogP contribution in [0.15, 0.2) is 41.3 Å². The first-order chi connectivity index (χ1) is 9.95. The second kappa shape index (κ2) is 6.04. The predicted octanol–water partition coefficient (Wildman–Crippen LogP) is 1.89. The number of anilines is 2. The molecule has 2 amide bonds. The molecule has 0 atom stereocenters. The van der Waals surface area contributed by atoms with Crippen LogP contribution in [-0.2, 0) is 4.79 Å². The number of benzene rings is 1. The topological polar surface area (TPSA) is 91.1 Å². The molecule has 2 aromatic rings. The van der Waals surface area contributed by atoms with Gasteiger partial charge in [-0.1, -0.05) is 6.07 Å². The van der Waals surface area contributed by atoms with Crippen LogP contribution in [0.3, 0.4) is 0 Å². The lowest BCUT2D eigenvalue weighted by atomic mass is 10.1. The lowest BCUT2D eigenvalue weighted by Gasteiger charge is -2.11. The third-order valence-electron chi connectivity index (χ3n) is 2.85. The van der Waals surface area contributed by atoms with Crippen molar-refractivity contribution in [3.63, 3.8) is 0 Å². The Morgan fingerprint density at radius 3 is 2.48 bits per heavy atom. The number of aromatic amines is 1. The van der Waals surface area contributed by atoms with E-state index in [1.165, 1.54) is 25.3 Å². The van der Waals surface area contributed by atoms with Crippen LogP contribution in [0.2, 0.25) is 0 Å². The van der Waals surface area contributed by atoms with E-state index in [2.05, 4.69) is 15.6 Å². The first kappa shape index (κ1) is 14.5. The summed E-state index contributed by atoms with van der Waals surface area (Å²) in [4.78, 5) is 36.6. The van der Waals surface area contributed by atoms with E-state index >= 15 is 0 Å². The number of amides is 2. The number of H-pyrrole nitrogens is 1. The van der Waals surface area contributed by atoms with Gasteiger partial charge in [0, 0.05) is 30.6 Å². The van der Waals surface area contributed by atoms with Crippen molar-refractivity contribution < 1.29 is 9.59 Å². The molecule has 108 valence electrons. The Morgan fingerprint density at radius 1 is 1.10 bits per heavy atom. The predicted molar refractivity (Wildman–Crippen MR) is 80.5 cm³/mol. The molecule has 0 saturated heterocycles. The summed E-state index contributed by atoms with van der Waals surface area (Å²) in [6, 6.07) is 7.97. The maximum Gasteiger partial charge on any atom is 0.257 e. The number of aryl methyl sites for hydroxylation is 1. The second-order valence-corrected chi connectivity index (χ2v) is 4.61. The quantitative estimate of drug-likeness (QED) is 0.804. The number of aromatic nitrogens is 1. The molecule has 0 aliphatic heterocycles. The van der Waals surface area contributed by atoms with Gasteiger partial charge in [0.05, 0.1) is 5.56 Å². The van der Waals surface area contributed by atoms with Gasteiger partial charge in [0.25, 0.3) is 5.91 Å². The first-order valence-corrected chi connectivity index (χ1v) is 6.34. The Kier molecular flexibility index (Phi) is 4.18. The maximum atomic E-state index is 12.1. The SMILES string of the molecule is CC(=O)Nc1ccc(C)c(NC(=O)c2ccc(=O)[nH]c2)c1. The summed E-state index contributed by atoms with van der Waals surface area (Å²) in [5, 5.41) is 5.40. The third-order valence-corrected chi connectivity index (χ3v) is 2.85. The standard InChI is InChI=1S/C15H15N3O3/c1-9-3-5-12(17-10(2)19)7-13(9)18-15(21)11-4-6-14(20)16-8-11/h3-8H,1-2H3,(H,16,20)(H,17,19)(H,18,21). The third kappa shape index (κ3) is 3.79. The van der Waals surface area contributed by atoms with Gasteiger partial charge in [-0.3, -0.25) is 14.4 Å². The van der Waals surface area contributed by atoms with E-state index in [1.807, 2.05) is 6.92 Å². The minimum Gasteiger partial charge on any atom is -0.328 e. The fourth-order valence-electron chi connectivity index (χ4n) is 1.78. The van der Waals surface area contributed by atoms with Crippen molar-refractivity contribution in [2.24, 2.45) is 0 Å². The van der Waals surface area contributed by atoms with E-state index in [9.17, 15) is 14.4 Å². The van der Waals surface area contributed by atoms with Crippen LogP contribution in [0.4, 0.5) is 11.4 Å². The molecule has 0 radical (unpaired) electrons. The molecular formula is C15H15N3O3. The number of rotatable bonds is 3. The van der Waals surface area contributed by atoms with Crippen LogP contribution in [-0.4, -0.2) is 16.8 Å². The van der Waals surface area contributed by atoms with Gasteiger partial charge in [-0.15, -0.1) is 0 Å². The van der Waals surface area contributed by atoms with Crippen molar-refractivity contribution in [1.82, 2.24) is 4.98 Å². The number of hydrogen-bond acceptors (Lipinski definition) is 3. The average molecular weight is 285 g/mol. The highest BCUT2D eigenvalue weighted by Gasteiger charge is 2.09. The minimum absolute atomic E-state index is 0.184. The maximum absolute atomic E-state index is 12.1. The minimum atomic E-state index is -0.339. The van der Waals surface area contributed by atoms with Crippen LogP contribution in [0.25, 0.3) is 0 Å². The fraction of sp³-hybridized carbons (Fsp3) is 0.133. The summed E-state index contributed by atoms with van der Waals surface area (Å²) < 4.78 is 0. The van der Waals surface area contributed by atoms with Gasteiger partial charge in [0.2, 0.25) is 11.5 Å². The molecule has 0 aliphatic carbocycles. The van der Waals surface area contributed by atoms with E-state index in [-0.39, 0.29) is 17.4 Å². The van der Waals surface area contributed by atoms with E-state index in [4.69, 9.17) is 0 Å². The lowest BCUT2D eigenvalue weighted by Crippen LogP contribution is -2.15.